The number of nitrogens with zero attached hydrogens (tertiary/aromatic N) is 1. The van der Waals surface area contributed by atoms with Crippen molar-refractivity contribution in [1.29, 1.82) is 0 Å². The van der Waals surface area contributed by atoms with Gasteiger partial charge in [-0.1, -0.05) is 85.5 Å². The van der Waals surface area contributed by atoms with E-state index < -0.39 is 0 Å². The molecule has 0 atom stereocenters. The van der Waals surface area contributed by atoms with E-state index in [0.717, 1.165) is 16.1 Å². The molecule has 0 N–H and O–H groups in total. The first kappa shape index (κ1) is 16.0. The molecule has 0 fully saturated rings. The molecule has 1 heterocycles. The molecule has 0 radical (unpaired) electrons. The number of hydrogen-bond acceptors (Lipinski definition) is 2. The molecule has 5 rings (SSSR count). The van der Waals surface area contributed by atoms with Crippen molar-refractivity contribution in [2.45, 2.75) is 0 Å². The minimum atomic E-state index is 1.05. The zero-order valence-corrected chi connectivity index (χ0v) is 15.5. The molecular weight excluding hydrogens is 346 g/mol. The zero-order valence-electron chi connectivity index (χ0n) is 14.7. The molecule has 0 saturated carbocycles. The molecule has 0 aliphatic rings. The van der Waals surface area contributed by atoms with Crippen molar-refractivity contribution in [2.24, 2.45) is 0 Å². The fraction of sp³-hybridized carbons (Fsp3) is 0. The zero-order chi connectivity index (χ0) is 18.2. The van der Waals surface area contributed by atoms with Crippen LogP contribution in [0.25, 0.3) is 48.8 Å². The molecule has 1 nitrogen and oxygen atoms in total. The topological polar surface area (TPSA) is 12.9 Å². The van der Waals surface area contributed by atoms with E-state index in [-0.39, 0.29) is 0 Å². The maximum absolute atomic E-state index is 4.97. The number of aromatic nitrogens is 1. The van der Waals surface area contributed by atoms with Gasteiger partial charge in [0.2, 0.25) is 0 Å². The molecule has 0 saturated heterocycles. The molecule has 0 aliphatic carbocycles. The van der Waals surface area contributed by atoms with Gasteiger partial charge in [-0.25, -0.2) is 4.98 Å². The van der Waals surface area contributed by atoms with Gasteiger partial charge in [0.1, 0.15) is 5.01 Å². The molecule has 128 valence electrons. The van der Waals surface area contributed by atoms with Gasteiger partial charge in [-0.2, -0.15) is 0 Å². The summed E-state index contributed by atoms with van der Waals surface area (Å²) in [5, 5.41) is 3.52. The number of para-hydroxylation sites is 1. The highest BCUT2D eigenvalue weighted by Crippen LogP contribution is 2.42. The molecule has 0 spiro atoms. The van der Waals surface area contributed by atoms with Crippen LogP contribution in [0.5, 0.6) is 0 Å². The Morgan fingerprint density at radius 2 is 1.52 bits per heavy atom. The molecule has 0 bridgehead atoms. The molecule has 0 amide bonds. The second-order valence-corrected chi connectivity index (χ2v) is 7.52. The third kappa shape index (κ3) is 2.66. The van der Waals surface area contributed by atoms with E-state index in [1.807, 2.05) is 12.1 Å². The van der Waals surface area contributed by atoms with E-state index in [9.17, 15) is 0 Å². The highest BCUT2D eigenvalue weighted by atomic mass is 32.1. The minimum absolute atomic E-state index is 1.05. The molecule has 0 aliphatic heterocycles. The third-order valence-electron chi connectivity index (χ3n) is 4.91. The molecule has 1 aromatic heterocycles. The van der Waals surface area contributed by atoms with Gasteiger partial charge in [0.15, 0.2) is 0 Å². The van der Waals surface area contributed by atoms with Gasteiger partial charge in [0.25, 0.3) is 0 Å². The highest BCUT2D eigenvalue weighted by molar-refractivity contribution is 7.21. The maximum atomic E-state index is 4.97. The Hall–Kier alpha value is -3.23. The number of hydrogen-bond donors (Lipinski definition) is 0. The van der Waals surface area contributed by atoms with Crippen LogP contribution in [0.1, 0.15) is 5.56 Å². The van der Waals surface area contributed by atoms with Gasteiger partial charge >= 0.3 is 0 Å². The molecule has 5 aromatic rings. The van der Waals surface area contributed by atoms with Gasteiger partial charge in [-0.15, -0.1) is 11.3 Å². The van der Waals surface area contributed by atoms with Crippen molar-refractivity contribution >= 4 is 38.4 Å². The smallest absolute Gasteiger partial charge is 0.125 e. The van der Waals surface area contributed by atoms with Crippen molar-refractivity contribution in [3.63, 3.8) is 0 Å². The van der Waals surface area contributed by atoms with Crippen LogP contribution in [0.4, 0.5) is 0 Å². The van der Waals surface area contributed by atoms with E-state index >= 15 is 0 Å². The lowest BCUT2D eigenvalue weighted by molar-refractivity contribution is 1.48. The lowest BCUT2D eigenvalue weighted by Crippen LogP contribution is -1.89. The summed E-state index contributed by atoms with van der Waals surface area (Å²) >= 11 is 1.75. The third-order valence-corrected chi connectivity index (χ3v) is 5.96. The Morgan fingerprint density at radius 3 is 2.41 bits per heavy atom. The lowest BCUT2D eigenvalue weighted by Gasteiger charge is -2.14. The van der Waals surface area contributed by atoms with Crippen molar-refractivity contribution in [1.82, 2.24) is 4.98 Å². The first-order valence-corrected chi connectivity index (χ1v) is 9.76. The van der Waals surface area contributed by atoms with Crippen LogP contribution in [0.2, 0.25) is 0 Å². The number of fused-ring (bicyclic) bond motifs is 2. The van der Waals surface area contributed by atoms with Gasteiger partial charge in [-0.3, -0.25) is 0 Å². The minimum Gasteiger partial charge on any atom is -0.236 e. The summed E-state index contributed by atoms with van der Waals surface area (Å²) in [4.78, 5) is 4.97. The van der Waals surface area contributed by atoms with Crippen LogP contribution in [0.3, 0.4) is 0 Å². The van der Waals surface area contributed by atoms with Crippen LogP contribution < -0.4 is 0 Å². The fourth-order valence-corrected chi connectivity index (χ4v) is 4.66. The van der Waals surface area contributed by atoms with Crippen LogP contribution in [0.15, 0.2) is 91.5 Å². The van der Waals surface area contributed by atoms with Gasteiger partial charge in [0.05, 0.1) is 10.2 Å². The van der Waals surface area contributed by atoms with Crippen LogP contribution >= 0.6 is 11.3 Å². The van der Waals surface area contributed by atoms with Gasteiger partial charge < -0.3 is 0 Å². The lowest BCUT2D eigenvalue weighted by atomic mass is 9.92. The van der Waals surface area contributed by atoms with Gasteiger partial charge in [0, 0.05) is 5.56 Å². The Morgan fingerprint density at radius 1 is 0.741 bits per heavy atom. The highest BCUT2D eigenvalue weighted by Gasteiger charge is 2.16. The van der Waals surface area contributed by atoms with Crippen molar-refractivity contribution < 1.29 is 0 Å². The average Bonchev–Trinajstić information content (AvgIpc) is 3.16. The monoisotopic (exact) mass is 363 g/mol. The number of thiazole rings is 1. The quantitative estimate of drug-likeness (QED) is 0.325. The van der Waals surface area contributed by atoms with Crippen molar-refractivity contribution in [2.75, 3.05) is 0 Å². The number of benzene rings is 4. The summed E-state index contributed by atoms with van der Waals surface area (Å²) < 4.78 is 1.21. The predicted molar refractivity (Wildman–Crippen MR) is 118 cm³/mol. The van der Waals surface area contributed by atoms with Gasteiger partial charge in [-0.05, 0) is 39.6 Å². The summed E-state index contributed by atoms with van der Waals surface area (Å²) in [6.07, 6.45) is 1.92. The summed E-state index contributed by atoms with van der Waals surface area (Å²) in [6.45, 7) is 4.00. The molecular formula is C25H17NS. The summed E-state index contributed by atoms with van der Waals surface area (Å²) in [5.74, 6) is 0. The summed E-state index contributed by atoms with van der Waals surface area (Å²) in [6, 6.07) is 29.7. The fourth-order valence-electron chi connectivity index (χ4n) is 3.63. The second-order valence-electron chi connectivity index (χ2n) is 6.49. The summed E-state index contributed by atoms with van der Waals surface area (Å²) in [5.41, 5.74) is 5.77. The van der Waals surface area contributed by atoms with Crippen LogP contribution in [-0.2, 0) is 0 Å². The van der Waals surface area contributed by atoms with Crippen LogP contribution in [0, 0.1) is 0 Å². The Bertz CT molecular complexity index is 1260. The first-order valence-electron chi connectivity index (χ1n) is 8.95. The van der Waals surface area contributed by atoms with E-state index in [2.05, 4.69) is 85.4 Å². The van der Waals surface area contributed by atoms with Crippen LogP contribution in [-0.4, -0.2) is 4.98 Å². The second kappa shape index (κ2) is 6.49. The van der Waals surface area contributed by atoms with E-state index in [0.29, 0.717) is 0 Å². The SMILES string of the molecule is C=Cc1ccccc1-c1ccc2ccccc2c1-c1nc2ccccc2s1. The molecule has 2 heteroatoms. The molecule has 27 heavy (non-hydrogen) atoms. The normalized spacial score (nSPS) is 11.1. The Balaban J connectivity index is 1.89. The Kier molecular flexibility index (Phi) is 3.84. The molecule has 4 aromatic carbocycles. The largest absolute Gasteiger partial charge is 0.236 e. The summed E-state index contributed by atoms with van der Waals surface area (Å²) in [7, 11) is 0. The Labute approximate surface area is 162 Å². The maximum Gasteiger partial charge on any atom is 0.125 e. The molecule has 0 unspecified atom stereocenters. The first-order chi connectivity index (χ1) is 13.3. The van der Waals surface area contributed by atoms with E-state index in [4.69, 9.17) is 4.98 Å². The number of rotatable bonds is 3. The standard InChI is InChI=1S/C25H17NS/c1-2-17-9-3-5-11-19(17)21-16-15-18-10-4-6-12-20(18)24(21)25-26-22-13-7-8-14-23(22)27-25/h2-16H,1H2. The van der Waals surface area contributed by atoms with E-state index in [1.165, 1.54) is 32.2 Å². The van der Waals surface area contributed by atoms with Crippen molar-refractivity contribution in [3.8, 4) is 21.7 Å². The average molecular weight is 363 g/mol. The predicted octanol–water partition coefficient (Wildman–Crippen LogP) is 7.43. The van der Waals surface area contributed by atoms with E-state index in [1.54, 1.807) is 11.3 Å². The van der Waals surface area contributed by atoms with Crippen molar-refractivity contribution in [3.05, 3.63) is 97.1 Å².